The molecule has 0 fully saturated rings. The smallest absolute Gasteiger partial charge is 0.356 e. The predicted molar refractivity (Wildman–Crippen MR) is 84.2 cm³/mol. The minimum Gasteiger partial charge on any atom is -0.486 e. The third-order valence-electron chi connectivity index (χ3n) is 3.46. The lowest BCUT2D eigenvalue weighted by molar-refractivity contribution is 0.0693. The standard InChI is InChI=1S/C17H16N2O4/c1-11-5-3-6-12(9-11)23-10-14-18-16(17(20)21)13-7-4-8-15(22-2)19(13)14/h3-9H,10H2,1-2H3,(H,20,21). The van der Waals surface area contributed by atoms with Gasteiger partial charge >= 0.3 is 5.97 Å². The Bertz CT molecular complexity index is 870. The van der Waals surface area contributed by atoms with E-state index in [2.05, 4.69) is 4.98 Å². The first-order valence-electron chi connectivity index (χ1n) is 7.07. The van der Waals surface area contributed by atoms with Gasteiger partial charge in [-0.25, -0.2) is 9.78 Å². The molecular weight excluding hydrogens is 296 g/mol. The molecule has 0 unspecified atom stereocenters. The number of carboxylic acid groups (broad SMARTS) is 1. The molecule has 2 aromatic heterocycles. The highest BCUT2D eigenvalue weighted by molar-refractivity contribution is 5.93. The van der Waals surface area contributed by atoms with Crippen LogP contribution in [0.15, 0.2) is 42.5 Å². The van der Waals surface area contributed by atoms with Gasteiger partial charge < -0.3 is 14.6 Å². The van der Waals surface area contributed by atoms with E-state index in [9.17, 15) is 9.90 Å². The maximum atomic E-state index is 11.4. The number of carboxylic acids is 1. The lowest BCUT2D eigenvalue weighted by Gasteiger charge is -2.09. The van der Waals surface area contributed by atoms with Crippen LogP contribution in [0.2, 0.25) is 0 Å². The third-order valence-corrected chi connectivity index (χ3v) is 3.46. The topological polar surface area (TPSA) is 73.1 Å². The molecule has 3 rings (SSSR count). The zero-order valence-electron chi connectivity index (χ0n) is 12.8. The Hall–Kier alpha value is -3.02. The number of aryl methyl sites for hydroxylation is 1. The van der Waals surface area contributed by atoms with E-state index >= 15 is 0 Å². The number of fused-ring (bicyclic) bond motifs is 1. The van der Waals surface area contributed by atoms with Crippen molar-refractivity contribution in [2.24, 2.45) is 0 Å². The fraction of sp³-hybridized carbons (Fsp3) is 0.176. The van der Waals surface area contributed by atoms with Crippen LogP contribution in [0.3, 0.4) is 0 Å². The number of aromatic carboxylic acids is 1. The van der Waals surface area contributed by atoms with Crippen LogP contribution in [0.25, 0.3) is 5.52 Å². The number of aromatic nitrogens is 2. The zero-order valence-corrected chi connectivity index (χ0v) is 12.8. The fourth-order valence-corrected chi connectivity index (χ4v) is 2.44. The van der Waals surface area contributed by atoms with Gasteiger partial charge in [0.2, 0.25) is 0 Å². The molecule has 0 aliphatic heterocycles. The molecule has 1 N–H and O–H groups in total. The zero-order chi connectivity index (χ0) is 16.4. The van der Waals surface area contributed by atoms with Crippen molar-refractivity contribution in [3.63, 3.8) is 0 Å². The van der Waals surface area contributed by atoms with Crippen molar-refractivity contribution in [2.45, 2.75) is 13.5 Å². The SMILES string of the molecule is COc1cccc2c(C(=O)O)nc(COc3cccc(C)c3)n12. The predicted octanol–water partition coefficient (Wildman–Crippen LogP) is 2.93. The second kappa shape index (κ2) is 6.00. The minimum atomic E-state index is -1.09. The molecule has 0 saturated carbocycles. The summed E-state index contributed by atoms with van der Waals surface area (Å²) >= 11 is 0. The summed E-state index contributed by atoms with van der Waals surface area (Å²) in [6.07, 6.45) is 0. The van der Waals surface area contributed by atoms with Crippen molar-refractivity contribution in [1.29, 1.82) is 0 Å². The summed E-state index contributed by atoms with van der Waals surface area (Å²) in [5.41, 5.74) is 1.53. The molecule has 0 aliphatic rings. The van der Waals surface area contributed by atoms with Crippen LogP contribution >= 0.6 is 0 Å². The molecule has 0 saturated heterocycles. The number of carbonyl (C=O) groups is 1. The summed E-state index contributed by atoms with van der Waals surface area (Å²) in [6.45, 7) is 2.11. The number of rotatable bonds is 5. The number of hydrogen-bond donors (Lipinski definition) is 1. The molecule has 2 heterocycles. The average molecular weight is 312 g/mol. The van der Waals surface area contributed by atoms with Crippen LogP contribution in [-0.4, -0.2) is 27.6 Å². The summed E-state index contributed by atoms with van der Waals surface area (Å²) in [4.78, 5) is 15.6. The maximum absolute atomic E-state index is 11.4. The van der Waals surface area contributed by atoms with E-state index in [1.807, 2.05) is 31.2 Å². The van der Waals surface area contributed by atoms with Crippen LogP contribution in [0.1, 0.15) is 21.9 Å². The molecule has 0 aliphatic carbocycles. The Morgan fingerprint density at radius 1 is 1.26 bits per heavy atom. The largest absolute Gasteiger partial charge is 0.486 e. The molecule has 3 aromatic rings. The Morgan fingerprint density at radius 3 is 2.74 bits per heavy atom. The fourth-order valence-electron chi connectivity index (χ4n) is 2.44. The molecule has 0 spiro atoms. The van der Waals surface area contributed by atoms with Gasteiger partial charge in [0.05, 0.1) is 12.6 Å². The number of imidazole rings is 1. The number of ether oxygens (including phenoxy) is 2. The van der Waals surface area contributed by atoms with Gasteiger partial charge in [-0.2, -0.15) is 0 Å². The second-order valence-corrected chi connectivity index (χ2v) is 5.08. The summed E-state index contributed by atoms with van der Waals surface area (Å²) in [7, 11) is 1.53. The first kappa shape index (κ1) is 14.9. The Kier molecular flexibility index (Phi) is 3.89. The van der Waals surface area contributed by atoms with Gasteiger partial charge in [-0.1, -0.05) is 18.2 Å². The highest BCUT2D eigenvalue weighted by Gasteiger charge is 2.19. The lowest BCUT2D eigenvalue weighted by atomic mass is 10.2. The Morgan fingerprint density at radius 2 is 2.04 bits per heavy atom. The van der Waals surface area contributed by atoms with Crippen molar-refractivity contribution >= 4 is 11.5 Å². The monoisotopic (exact) mass is 312 g/mol. The van der Waals surface area contributed by atoms with Crippen molar-refractivity contribution in [3.8, 4) is 11.6 Å². The summed E-state index contributed by atoms with van der Waals surface area (Å²) in [6, 6.07) is 12.8. The van der Waals surface area contributed by atoms with Crippen LogP contribution in [0.5, 0.6) is 11.6 Å². The molecule has 118 valence electrons. The molecule has 1 aromatic carbocycles. The van der Waals surface area contributed by atoms with Crippen LogP contribution in [-0.2, 0) is 6.61 Å². The van der Waals surface area contributed by atoms with E-state index in [4.69, 9.17) is 9.47 Å². The van der Waals surface area contributed by atoms with Gasteiger partial charge in [0, 0.05) is 0 Å². The molecule has 0 bridgehead atoms. The molecule has 23 heavy (non-hydrogen) atoms. The first-order valence-corrected chi connectivity index (χ1v) is 7.07. The van der Waals surface area contributed by atoms with E-state index in [-0.39, 0.29) is 12.3 Å². The van der Waals surface area contributed by atoms with Crippen molar-refractivity contribution in [1.82, 2.24) is 9.38 Å². The van der Waals surface area contributed by atoms with E-state index < -0.39 is 5.97 Å². The van der Waals surface area contributed by atoms with Crippen LogP contribution in [0, 0.1) is 6.92 Å². The minimum absolute atomic E-state index is 0.0215. The van der Waals surface area contributed by atoms with Crippen LogP contribution in [0.4, 0.5) is 0 Å². The third kappa shape index (κ3) is 2.83. The number of hydrogen-bond acceptors (Lipinski definition) is 4. The van der Waals surface area contributed by atoms with Gasteiger partial charge in [0.1, 0.15) is 12.4 Å². The summed E-state index contributed by atoms with van der Waals surface area (Å²) in [5, 5.41) is 9.32. The molecule has 0 amide bonds. The lowest BCUT2D eigenvalue weighted by Crippen LogP contribution is -2.03. The number of pyridine rings is 1. The van der Waals surface area contributed by atoms with Crippen molar-refractivity contribution in [2.75, 3.05) is 7.11 Å². The normalized spacial score (nSPS) is 10.7. The van der Waals surface area contributed by atoms with E-state index in [0.29, 0.717) is 23.0 Å². The van der Waals surface area contributed by atoms with E-state index in [1.165, 1.54) is 7.11 Å². The number of benzene rings is 1. The average Bonchev–Trinajstić information content (AvgIpc) is 2.92. The number of nitrogens with zero attached hydrogens (tertiary/aromatic N) is 2. The highest BCUT2D eigenvalue weighted by Crippen LogP contribution is 2.22. The van der Waals surface area contributed by atoms with E-state index in [0.717, 1.165) is 5.56 Å². The van der Waals surface area contributed by atoms with E-state index in [1.54, 1.807) is 22.6 Å². The Balaban J connectivity index is 2.01. The van der Waals surface area contributed by atoms with Gasteiger partial charge in [-0.05, 0) is 36.8 Å². The molecule has 0 atom stereocenters. The van der Waals surface area contributed by atoms with Gasteiger partial charge in [0.25, 0.3) is 0 Å². The van der Waals surface area contributed by atoms with Crippen LogP contribution < -0.4 is 9.47 Å². The van der Waals surface area contributed by atoms with Gasteiger partial charge in [-0.15, -0.1) is 0 Å². The number of methoxy groups -OCH3 is 1. The Labute approximate surface area is 132 Å². The molecular formula is C17H16N2O4. The summed E-state index contributed by atoms with van der Waals surface area (Å²) < 4.78 is 12.7. The maximum Gasteiger partial charge on any atom is 0.356 e. The molecule has 6 nitrogen and oxygen atoms in total. The van der Waals surface area contributed by atoms with Crippen molar-refractivity contribution < 1.29 is 19.4 Å². The summed E-state index contributed by atoms with van der Waals surface area (Å²) in [5.74, 6) is 0.591. The first-order chi connectivity index (χ1) is 11.1. The second-order valence-electron chi connectivity index (χ2n) is 5.08. The van der Waals surface area contributed by atoms with Gasteiger partial charge in [-0.3, -0.25) is 4.40 Å². The van der Waals surface area contributed by atoms with Gasteiger partial charge in [0.15, 0.2) is 17.4 Å². The van der Waals surface area contributed by atoms with Crippen molar-refractivity contribution in [3.05, 3.63) is 59.5 Å². The highest BCUT2D eigenvalue weighted by atomic mass is 16.5. The molecule has 0 radical (unpaired) electrons. The quantitative estimate of drug-likeness (QED) is 0.784. The molecule has 6 heteroatoms.